The molecule has 0 aliphatic carbocycles. The van der Waals surface area contributed by atoms with Crippen molar-refractivity contribution in [3.63, 3.8) is 0 Å². The van der Waals surface area contributed by atoms with E-state index in [1.807, 2.05) is 0 Å². The molecule has 10 heteroatoms. The first-order valence-electron chi connectivity index (χ1n) is 5.49. The quantitative estimate of drug-likeness (QED) is 0.798. The second-order valence-electron chi connectivity index (χ2n) is 3.21. The van der Waals surface area contributed by atoms with Gasteiger partial charge in [-0.05, 0) is 19.1 Å². The van der Waals surface area contributed by atoms with Crippen LogP contribution >= 0.6 is 12.2 Å². The van der Waals surface area contributed by atoms with Crippen molar-refractivity contribution in [2.75, 3.05) is 18.5 Å². The van der Waals surface area contributed by atoms with Crippen LogP contribution in [0.4, 0.5) is 19.4 Å². The summed E-state index contributed by atoms with van der Waals surface area (Å²) in [5.74, 6) is -0.143. The van der Waals surface area contributed by atoms with Gasteiger partial charge in [0.05, 0.1) is 6.61 Å². The summed E-state index contributed by atoms with van der Waals surface area (Å²) in [7, 11) is 0. The van der Waals surface area contributed by atoms with Crippen LogP contribution < -0.4 is 15.4 Å². The smallest absolute Gasteiger partial charge is 0.413 e. The van der Waals surface area contributed by atoms with Gasteiger partial charge >= 0.3 is 6.09 Å². The van der Waals surface area contributed by atoms with Crippen molar-refractivity contribution in [2.24, 2.45) is 0 Å². The van der Waals surface area contributed by atoms with E-state index in [0.717, 1.165) is 0 Å². The maximum absolute atomic E-state index is 12.1. The first-order valence-corrected chi connectivity index (χ1v) is 5.90. The number of rotatable bonds is 5. The zero-order valence-corrected chi connectivity index (χ0v) is 11.2. The number of alkyl carbamates (subject to hydrolysis) is 1. The molecular formula is C10H12F2N4O3S. The Bertz CT molecular complexity index is 476. The summed E-state index contributed by atoms with van der Waals surface area (Å²) >= 11 is 4.83. The van der Waals surface area contributed by atoms with Crippen molar-refractivity contribution in [3.8, 4) is 5.88 Å². The lowest BCUT2D eigenvalue weighted by atomic mass is 10.6. The van der Waals surface area contributed by atoms with Gasteiger partial charge in [-0.3, -0.25) is 5.32 Å². The number of anilines is 1. The van der Waals surface area contributed by atoms with Crippen molar-refractivity contribution in [1.29, 1.82) is 0 Å². The van der Waals surface area contributed by atoms with Gasteiger partial charge in [0.2, 0.25) is 0 Å². The Balaban J connectivity index is 2.62. The second kappa shape index (κ2) is 8.15. The Morgan fingerprint density at radius 3 is 2.80 bits per heavy atom. The lowest BCUT2D eigenvalue weighted by molar-refractivity contribution is 0.0798. The number of halogens is 2. The molecule has 0 saturated carbocycles. The SMILES string of the molecule is CCOC(=O)NC(=S)Nc1nccnc1OCC(F)F. The predicted octanol–water partition coefficient (Wildman–Crippen LogP) is 1.56. The van der Waals surface area contributed by atoms with Crippen molar-refractivity contribution < 1.29 is 23.0 Å². The fourth-order valence-corrected chi connectivity index (χ4v) is 1.24. The summed E-state index contributed by atoms with van der Waals surface area (Å²) in [5, 5.41) is 4.59. The Morgan fingerprint density at radius 2 is 2.15 bits per heavy atom. The lowest BCUT2D eigenvalue weighted by Crippen LogP contribution is -2.35. The summed E-state index contributed by atoms with van der Waals surface area (Å²) in [6.45, 7) is 0.989. The third-order valence-corrected chi connectivity index (χ3v) is 1.94. The van der Waals surface area contributed by atoms with Gasteiger partial charge in [0.15, 0.2) is 17.5 Å². The fraction of sp³-hybridized carbons (Fsp3) is 0.400. The van der Waals surface area contributed by atoms with Gasteiger partial charge in [-0.1, -0.05) is 0 Å². The molecule has 0 aliphatic heterocycles. The highest BCUT2D eigenvalue weighted by Gasteiger charge is 2.12. The van der Waals surface area contributed by atoms with E-state index < -0.39 is 19.1 Å². The molecule has 110 valence electrons. The predicted molar refractivity (Wildman–Crippen MR) is 69.9 cm³/mol. The summed E-state index contributed by atoms with van der Waals surface area (Å²) in [6, 6.07) is 0. The van der Waals surface area contributed by atoms with Crippen molar-refractivity contribution >= 4 is 29.2 Å². The Morgan fingerprint density at radius 1 is 1.45 bits per heavy atom. The number of carbonyl (C=O) groups is 1. The van der Waals surface area contributed by atoms with Gasteiger partial charge < -0.3 is 14.8 Å². The van der Waals surface area contributed by atoms with Crippen LogP contribution in [0.25, 0.3) is 0 Å². The number of amides is 1. The highest BCUT2D eigenvalue weighted by atomic mass is 32.1. The van der Waals surface area contributed by atoms with Crippen LogP contribution in [0.2, 0.25) is 0 Å². The molecule has 20 heavy (non-hydrogen) atoms. The molecular weight excluding hydrogens is 294 g/mol. The number of alkyl halides is 2. The Labute approximate surface area is 118 Å². The molecule has 2 N–H and O–H groups in total. The van der Waals surface area contributed by atoms with Gasteiger partial charge in [-0.25, -0.2) is 23.5 Å². The summed E-state index contributed by atoms with van der Waals surface area (Å²) in [5.41, 5.74) is 0. The molecule has 1 rings (SSSR count). The lowest BCUT2D eigenvalue weighted by Gasteiger charge is -2.11. The molecule has 0 unspecified atom stereocenters. The average molecular weight is 306 g/mol. The zero-order valence-electron chi connectivity index (χ0n) is 10.4. The van der Waals surface area contributed by atoms with Gasteiger partial charge in [0.1, 0.15) is 0 Å². The average Bonchev–Trinajstić information content (AvgIpc) is 2.37. The van der Waals surface area contributed by atoms with Crippen molar-refractivity contribution in [2.45, 2.75) is 13.3 Å². The minimum Gasteiger partial charge on any atom is -0.469 e. The highest BCUT2D eigenvalue weighted by molar-refractivity contribution is 7.80. The van der Waals surface area contributed by atoms with E-state index in [2.05, 4.69) is 25.3 Å². The monoisotopic (exact) mass is 306 g/mol. The number of thiocarbonyl (C=S) groups is 1. The largest absolute Gasteiger partial charge is 0.469 e. The van der Waals surface area contributed by atoms with E-state index in [1.165, 1.54) is 12.4 Å². The van der Waals surface area contributed by atoms with E-state index in [9.17, 15) is 13.6 Å². The minimum absolute atomic E-state index is 0.00921. The van der Waals surface area contributed by atoms with Crippen LogP contribution in [0.15, 0.2) is 12.4 Å². The number of hydrogen-bond donors (Lipinski definition) is 2. The Hall–Kier alpha value is -2.10. The van der Waals surface area contributed by atoms with Crippen molar-refractivity contribution in [3.05, 3.63) is 12.4 Å². The number of hydrogen-bond acceptors (Lipinski definition) is 6. The van der Waals surface area contributed by atoms with Crippen LogP contribution in [0, 0.1) is 0 Å². The van der Waals surface area contributed by atoms with Crippen LogP contribution in [0.1, 0.15) is 6.92 Å². The van der Waals surface area contributed by atoms with E-state index in [-0.39, 0.29) is 23.4 Å². The molecule has 0 saturated heterocycles. The standard InChI is InChI=1S/C10H12F2N4O3S/c1-2-18-10(17)16-9(20)15-7-8(14-4-3-13-7)19-5-6(11)12/h3-4,6H,2,5H2,1H3,(H2,13,15,16,17,20). The Kier molecular flexibility index (Phi) is 6.50. The normalized spacial score (nSPS) is 10.0. The van der Waals surface area contributed by atoms with Crippen LogP contribution in [-0.4, -0.2) is 40.8 Å². The van der Waals surface area contributed by atoms with Crippen LogP contribution in [0.5, 0.6) is 5.88 Å². The summed E-state index contributed by atoms with van der Waals surface area (Å²) in [4.78, 5) is 18.7. The van der Waals surface area contributed by atoms with E-state index in [0.29, 0.717) is 0 Å². The maximum Gasteiger partial charge on any atom is 0.413 e. The molecule has 1 aromatic rings. The summed E-state index contributed by atoms with van der Waals surface area (Å²) in [6.07, 6.45) is -0.809. The molecule has 7 nitrogen and oxygen atoms in total. The molecule has 0 fully saturated rings. The van der Waals surface area contributed by atoms with E-state index in [4.69, 9.17) is 17.0 Å². The van der Waals surface area contributed by atoms with Gasteiger partial charge in [0, 0.05) is 12.4 Å². The first kappa shape index (κ1) is 16.0. The third kappa shape index (κ3) is 5.69. The van der Waals surface area contributed by atoms with Gasteiger partial charge in [0.25, 0.3) is 12.3 Å². The van der Waals surface area contributed by atoms with Gasteiger partial charge in [-0.15, -0.1) is 0 Å². The molecule has 0 aliphatic rings. The molecule has 0 radical (unpaired) electrons. The topological polar surface area (TPSA) is 85.4 Å². The van der Waals surface area contributed by atoms with E-state index in [1.54, 1.807) is 6.92 Å². The van der Waals surface area contributed by atoms with Gasteiger partial charge in [-0.2, -0.15) is 0 Å². The van der Waals surface area contributed by atoms with E-state index >= 15 is 0 Å². The van der Waals surface area contributed by atoms with Crippen LogP contribution in [-0.2, 0) is 4.74 Å². The maximum atomic E-state index is 12.1. The zero-order chi connectivity index (χ0) is 15.0. The number of carbonyl (C=O) groups excluding carboxylic acids is 1. The van der Waals surface area contributed by atoms with Crippen molar-refractivity contribution in [1.82, 2.24) is 15.3 Å². The molecule has 1 amide bonds. The molecule has 0 spiro atoms. The number of nitrogens with one attached hydrogen (secondary N) is 2. The summed E-state index contributed by atoms with van der Waals surface area (Å²) < 4.78 is 33.5. The molecule has 0 bridgehead atoms. The first-order chi connectivity index (χ1) is 9.52. The fourth-order valence-electron chi connectivity index (χ4n) is 1.06. The minimum atomic E-state index is -2.64. The molecule has 0 aromatic carbocycles. The number of ether oxygens (including phenoxy) is 2. The highest BCUT2D eigenvalue weighted by Crippen LogP contribution is 2.17. The molecule has 0 atom stereocenters. The van der Waals surface area contributed by atoms with Crippen LogP contribution in [0.3, 0.4) is 0 Å². The third-order valence-electron chi connectivity index (χ3n) is 1.73. The number of nitrogens with zero attached hydrogens (tertiary/aromatic N) is 2. The second-order valence-corrected chi connectivity index (χ2v) is 3.62. The molecule has 1 heterocycles. The molecule has 1 aromatic heterocycles. The number of aromatic nitrogens is 2.